The van der Waals surface area contributed by atoms with Crippen LogP contribution in [0, 0.1) is 0 Å². The highest BCUT2D eigenvalue weighted by molar-refractivity contribution is 6.02. The average molecular weight is 522 g/mol. The zero-order valence-electron chi connectivity index (χ0n) is 23.7. The van der Waals surface area contributed by atoms with E-state index >= 15 is 0 Å². The molecule has 0 radical (unpaired) electrons. The summed E-state index contributed by atoms with van der Waals surface area (Å²) in [7, 11) is 0. The summed E-state index contributed by atoms with van der Waals surface area (Å²) < 4.78 is 0. The largest absolute Gasteiger partial charge is 0.338 e. The van der Waals surface area contributed by atoms with E-state index in [0.717, 1.165) is 57.8 Å². The van der Waals surface area contributed by atoms with Crippen LogP contribution >= 0.6 is 0 Å². The summed E-state index contributed by atoms with van der Waals surface area (Å²) in [6.07, 6.45) is 40.8. The number of benzene rings is 2. The van der Waals surface area contributed by atoms with Gasteiger partial charge in [0.15, 0.2) is 0 Å². The van der Waals surface area contributed by atoms with Crippen LogP contribution in [-0.2, 0) is 0 Å². The Morgan fingerprint density at radius 2 is 1.38 bits per heavy atom. The summed E-state index contributed by atoms with van der Waals surface area (Å²) >= 11 is 0. The molecule has 1 unspecified atom stereocenters. The molecule has 0 amide bonds. The first-order valence-corrected chi connectivity index (χ1v) is 15.3. The molecule has 0 N–H and O–H groups in total. The number of allylic oxidation sites excluding steroid dienone is 13. The average Bonchev–Trinajstić information content (AvgIpc) is 3.02. The van der Waals surface area contributed by atoms with Gasteiger partial charge in [-0.3, -0.25) is 0 Å². The smallest absolute Gasteiger partial charge is 0.0556 e. The van der Waals surface area contributed by atoms with Gasteiger partial charge in [0.25, 0.3) is 0 Å². The van der Waals surface area contributed by atoms with Crippen LogP contribution in [0.4, 0.5) is 0 Å². The number of hydrogen-bond acceptors (Lipinski definition) is 1. The molecule has 0 spiro atoms. The van der Waals surface area contributed by atoms with Crippen molar-refractivity contribution in [3.05, 3.63) is 130 Å². The monoisotopic (exact) mass is 521 g/mol. The second-order valence-electron chi connectivity index (χ2n) is 11.8. The van der Waals surface area contributed by atoms with Crippen LogP contribution in [0.15, 0.2) is 108 Å². The molecule has 5 aliphatic rings. The van der Waals surface area contributed by atoms with Gasteiger partial charge in [-0.25, -0.2) is 0 Å². The van der Waals surface area contributed by atoms with Crippen molar-refractivity contribution in [2.45, 2.75) is 70.8 Å². The highest BCUT2D eigenvalue weighted by Gasteiger charge is 2.25. The first-order valence-electron chi connectivity index (χ1n) is 15.3. The summed E-state index contributed by atoms with van der Waals surface area (Å²) in [6, 6.07) is 9.56. The van der Waals surface area contributed by atoms with Gasteiger partial charge in [-0.1, -0.05) is 96.7 Å². The van der Waals surface area contributed by atoms with Crippen LogP contribution in [0.2, 0.25) is 0 Å². The van der Waals surface area contributed by atoms with Crippen molar-refractivity contribution in [3.8, 4) is 0 Å². The molecule has 0 saturated carbocycles. The van der Waals surface area contributed by atoms with Gasteiger partial charge >= 0.3 is 0 Å². The predicted octanol–water partition coefficient (Wildman–Crippen LogP) is 8.80. The number of fused-ring (bicyclic) bond motifs is 2. The normalized spacial score (nSPS) is 21.8. The van der Waals surface area contributed by atoms with E-state index in [0.29, 0.717) is 6.04 Å². The van der Waals surface area contributed by atoms with Gasteiger partial charge in [-0.05, 0) is 120 Å². The molecule has 2 aromatic carbocycles. The second kappa shape index (κ2) is 11.0. The van der Waals surface area contributed by atoms with Crippen LogP contribution in [0.5, 0.6) is 0 Å². The van der Waals surface area contributed by atoms with E-state index in [9.17, 15) is 0 Å². The number of hydrogen-bond donors (Lipinski definition) is 0. The molecule has 0 fully saturated rings. The summed E-state index contributed by atoms with van der Waals surface area (Å²) in [5.41, 5.74) is 10.2. The molecule has 2 aromatic rings. The van der Waals surface area contributed by atoms with Gasteiger partial charge in [-0.2, -0.15) is 0 Å². The molecule has 0 bridgehead atoms. The van der Waals surface area contributed by atoms with Gasteiger partial charge in [0.1, 0.15) is 0 Å². The van der Waals surface area contributed by atoms with E-state index in [-0.39, 0.29) is 0 Å². The van der Waals surface area contributed by atoms with Gasteiger partial charge in [0.05, 0.1) is 6.04 Å². The lowest BCUT2D eigenvalue weighted by molar-refractivity contribution is 0.356. The van der Waals surface area contributed by atoms with Crippen LogP contribution in [0.25, 0.3) is 34.1 Å². The van der Waals surface area contributed by atoms with E-state index < -0.39 is 0 Å². The highest BCUT2D eigenvalue weighted by atomic mass is 15.2. The second-order valence-corrected chi connectivity index (χ2v) is 11.8. The fourth-order valence-corrected chi connectivity index (χ4v) is 7.14. The van der Waals surface area contributed by atoms with Crippen LogP contribution in [-0.4, -0.2) is 10.9 Å². The van der Waals surface area contributed by atoms with Gasteiger partial charge in [-0.15, -0.1) is 0 Å². The van der Waals surface area contributed by atoms with Crippen molar-refractivity contribution in [3.63, 3.8) is 0 Å². The minimum atomic E-state index is 0.387. The fourth-order valence-electron chi connectivity index (χ4n) is 7.14. The molecule has 7 rings (SSSR count). The summed E-state index contributed by atoms with van der Waals surface area (Å²) in [5, 5.41) is 5.75. The molecule has 200 valence electrons. The maximum Gasteiger partial charge on any atom is 0.0556 e. The maximum atomic E-state index is 2.60. The zero-order chi connectivity index (χ0) is 26.9. The molecule has 1 heteroatoms. The predicted molar refractivity (Wildman–Crippen MR) is 173 cm³/mol. The third-order valence-electron chi connectivity index (χ3n) is 9.14. The Kier molecular flexibility index (Phi) is 6.90. The quantitative estimate of drug-likeness (QED) is 0.380. The third kappa shape index (κ3) is 4.62. The van der Waals surface area contributed by atoms with Crippen molar-refractivity contribution in [2.75, 3.05) is 0 Å². The minimum Gasteiger partial charge on any atom is -0.338 e. The Labute approximate surface area is 239 Å². The Bertz CT molecular complexity index is 1730. The molecule has 40 heavy (non-hydrogen) atoms. The molecule has 0 aromatic heterocycles. The number of rotatable bonds is 5. The van der Waals surface area contributed by atoms with E-state index in [1.807, 2.05) is 0 Å². The molecule has 1 atom stereocenters. The lowest BCUT2D eigenvalue weighted by atomic mass is 9.82. The van der Waals surface area contributed by atoms with Crippen molar-refractivity contribution < 1.29 is 0 Å². The molecule has 0 saturated heterocycles. The third-order valence-corrected chi connectivity index (χ3v) is 9.14. The van der Waals surface area contributed by atoms with E-state index in [1.165, 1.54) is 60.5 Å². The van der Waals surface area contributed by atoms with Crippen molar-refractivity contribution in [1.29, 1.82) is 0 Å². The summed E-state index contributed by atoms with van der Waals surface area (Å²) in [5.74, 6) is 0. The Hall–Kier alpha value is -3.84. The van der Waals surface area contributed by atoms with E-state index in [1.54, 1.807) is 0 Å². The zero-order valence-corrected chi connectivity index (χ0v) is 23.7. The Morgan fingerprint density at radius 1 is 0.675 bits per heavy atom. The lowest BCUT2D eigenvalue weighted by Gasteiger charge is -2.37. The summed E-state index contributed by atoms with van der Waals surface area (Å²) in [6.45, 7) is 2.25. The first kappa shape index (κ1) is 25.1. The van der Waals surface area contributed by atoms with Gasteiger partial charge < -0.3 is 4.90 Å². The van der Waals surface area contributed by atoms with E-state index in [2.05, 4.69) is 115 Å². The molecular formula is C39H39N. The maximum absolute atomic E-state index is 2.60. The number of nitrogens with zero attached hydrogens (tertiary/aromatic N) is 1. The highest BCUT2D eigenvalue weighted by Crippen LogP contribution is 2.37. The SMILES string of the molecule is CC1=CC=C(c2c3c(c(C4=CC=C(N(C5=CCCC=C5)C5C=CC=CC5)CC4)c4ccccc24)=CCCC=3)CC1. The van der Waals surface area contributed by atoms with Crippen LogP contribution in [0.3, 0.4) is 0 Å². The Morgan fingerprint density at radius 3 is 1.95 bits per heavy atom. The molecule has 0 heterocycles. The van der Waals surface area contributed by atoms with Gasteiger partial charge in [0.2, 0.25) is 0 Å². The van der Waals surface area contributed by atoms with Crippen LogP contribution < -0.4 is 10.4 Å². The Balaban J connectivity index is 1.37. The topological polar surface area (TPSA) is 3.24 Å². The first-order chi connectivity index (χ1) is 19.8. The molecule has 0 aliphatic heterocycles. The molecule has 5 aliphatic carbocycles. The lowest BCUT2D eigenvalue weighted by Crippen LogP contribution is -2.35. The molecular weight excluding hydrogens is 482 g/mol. The van der Waals surface area contributed by atoms with Gasteiger partial charge in [0, 0.05) is 11.4 Å². The molecule has 1 nitrogen and oxygen atoms in total. The minimum absolute atomic E-state index is 0.387. The van der Waals surface area contributed by atoms with Crippen molar-refractivity contribution in [1.82, 2.24) is 4.90 Å². The van der Waals surface area contributed by atoms with Crippen molar-refractivity contribution in [2.24, 2.45) is 0 Å². The van der Waals surface area contributed by atoms with Crippen LogP contribution in [0.1, 0.15) is 75.8 Å². The fraction of sp³-hybridized carbons (Fsp3) is 0.282. The summed E-state index contributed by atoms with van der Waals surface area (Å²) in [4.78, 5) is 2.60. The van der Waals surface area contributed by atoms with E-state index in [4.69, 9.17) is 0 Å². The standard InChI is InChI=1S/C39H39N/c1-28-20-22-29(23-21-28)38-34-16-8-10-18-36(34)39(37-19-11-9-17-35(37)38)30-24-26-33(27-25-30)40(31-12-4-2-5-13-31)32-14-6-3-7-15-32/h2,4-6,8,10,12,14-20,22,24,26,31H,3,7,9,11,13,21,23,25,27H2,1H3. The van der Waals surface area contributed by atoms with Crippen molar-refractivity contribution >= 4 is 34.1 Å².